The van der Waals surface area contributed by atoms with Gasteiger partial charge >= 0.3 is 5.97 Å². The van der Waals surface area contributed by atoms with Crippen molar-refractivity contribution in [3.8, 4) is 5.75 Å². The van der Waals surface area contributed by atoms with Crippen LogP contribution < -0.4 is 10.1 Å². The normalized spacial score (nSPS) is 11.8. The van der Waals surface area contributed by atoms with Crippen molar-refractivity contribution in [2.24, 2.45) is 7.05 Å². The molecule has 0 fully saturated rings. The molecule has 1 atom stereocenters. The van der Waals surface area contributed by atoms with E-state index < -0.39 is 5.97 Å². The molecule has 33 heavy (non-hydrogen) atoms. The molecule has 0 aliphatic heterocycles. The molecule has 0 saturated heterocycles. The quantitative estimate of drug-likeness (QED) is 0.319. The van der Waals surface area contributed by atoms with Crippen LogP contribution in [0.4, 0.5) is 5.00 Å². The molecule has 11 heteroatoms. The van der Waals surface area contributed by atoms with Gasteiger partial charge in [0.2, 0.25) is 5.91 Å². The summed E-state index contributed by atoms with van der Waals surface area (Å²) in [4.78, 5) is 25.5. The van der Waals surface area contributed by atoms with Gasteiger partial charge in [-0.05, 0) is 50.1 Å². The number of rotatable bonds is 9. The zero-order valence-corrected chi connectivity index (χ0v) is 21.4. The zero-order chi connectivity index (χ0) is 24.1. The maximum absolute atomic E-state index is 12.5. The summed E-state index contributed by atoms with van der Waals surface area (Å²) < 4.78 is 12.6. The number of aromatic nitrogens is 3. The Morgan fingerprint density at radius 3 is 2.73 bits per heavy atom. The number of halogens is 1. The van der Waals surface area contributed by atoms with E-state index in [4.69, 9.17) is 21.1 Å². The summed E-state index contributed by atoms with van der Waals surface area (Å²) >= 11 is 8.69. The van der Waals surface area contributed by atoms with Gasteiger partial charge in [-0.3, -0.25) is 4.79 Å². The van der Waals surface area contributed by atoms with Gasteiger partial charge in [0.15, 0.2) is 17.1 Å². The molecule has 2 heterocycles. The number of hydrogen-bond acceptors (Lipinski definition) is 8. The number of nitrogens with zero attached hydrogens (tertiary/aromatic N) is 3. The molecule has 1 unspecified atom stereocenters. The molecule has 0 radical (unpaired) electrons. The Bertz CT molecular complexity index is 1160. The van der Waals surface area contributed by atoms with Gasteiger partial charge in [0.25, 0.3) is 0 Å². The Balaban J connectivity index is 1.62. The summed E-state index contributed by atoms with van der Waals surface area (Å²) in [5, 5.41) is 13.0. The highest BCUT2D eigenvalue weighted by Gasteiger charge is 2.20. The van der Waals surface area contributed by atoms with Crippen molar-refractivity contribution < 1.29 is 19.1 Å². The Kier molecular flexibility index (Phi) is 8.39. The van der Waals surface area contributed by atoms with Crippen LogP contribution in [0.3, 0.4) is 0 Å². The summed E-state index contributed by atoms with van der Waals surface area (Å²) in [6.45, 7) is 5.78. The number of anilines is 1. The van der Waals surface area contributed by atoms with E-state index in [0.29, 0.717) is 32.3 Å². The third-order valence-corrected chi connectivity index (χ3v) is 7.44. The number of esters is 1. The lowest BCUT2D eigenvalue weighted by atomic mass is 10.2. The van der Waals surface area contributed by atoms with Crippen LogP contribution in [0.25, 0.3) is 0 Å². The van der Waals surface area contributed by atoms with Gasteiger partial charge in [0.05, 0.1) is 18.4 Å². The van der Waals surface area contributed by atoms with Gasteiger partial charge in [0.1, 0.15) is 10.8 Å². The summed E-state index contributed by atoms with van der Waals surface area (Å²) in [5.41, 5.74) is 1.29. The summed E-state index contributed by atoms with van der Waals surface area (Å²) in [7, 11) is 3.14. The lowest BCUT2D eigenvalue weighted by molar-refractivity contribution is -0.113. The molecule has 0 aliphatic carbocycles. The zero-order valence-electron chi connectivity index (χ0n) is 19.0. The molecular formula is C22H25ClN4O4S2. The van der Waals surface area contributed by atoms with Gasteiger partial charge in [-0.15, -0.1) is 21.5 Å². The van der Waals surface area contributed by atoms with Crippen LogP contribution in [0.5, 0.6) is 5.75 Å². The fraction of sp³-hybridized carbons (Fsp3) is 0.364. The van der Waals surface area contributed by atoms with E-state index >= 15 is 0 Å². The summed E-state index contributed by atoms with van der Waals surface area (Å²) in [5.74, 6) is 0.698. The first-order valence-electron chi connectivity index (χ1n) is 10.2. The van der Waals surface area contributed by atoms with E-state index in [0.717, 1.165) is 16.9 Å². The molecule has 3 aromatic rings. The standard InChI is InChI=1S/C22H25ClN4O4S2/c1-6-15-10-16(21(29)30-5)20(33-15)24-18(28)11-32-22-26-25-19(27(22)4)13(3)31-14-7-8-17(23)12(2)9-14/h7-10,13H,6,11H2,1-5H3,(H,24,28). The number of benzene rings is 1. The van der Waals surface area contributed by atoms with Crippen LogP contribution in [0.1, 0.15) is 46.6 Å². The lowest BCUT2D eigenvalue weighted by Crippen LogP contribution is -2.16. The second-order valence-electron chi connectivity index (χ2n) is 7.21. The van der Waals surface area contributed by atoms with E-state index in [-0.39, 0.29) is 17.8 Å². The summed E-state index contributed by atoms with van der Waals surface area (Å²) in [6, 6.07) is 7.21. The van der Waals surface area contributed by atoms with Crippen LogP contribution in [0, 0.1) is 6.92 Å². The van der Waals surface area contributed by atoms with Crippen molar-refractivity contribution >= 4 is 51.6 Å². The first-order chi connectivity index (χ1) is 15.7. The molecule has 176 valence electrons. The molecule has 0 spiro atoms. The number of hydrogen-bond donors (Lipinski definition) is 1. The number of thioether (sulfide) groups is 1. The van der Waals surface area contributed by atoms with Gasteiger partial charge in [-0.25, -0.2) is 4.79 Å². The Labute approximate surface area is 205 Å². The number of thiophene rings is 1. The maximum atomic E-state index is 12.5. The lowest BCUT2D eigenvalue weighted by Gasteiger charge is -2.15. The van der Waals surface area contributed by atoms with E-state index in [1.807, 2.05) is 33.9 Å². The number of nitrogens with one attached hydrogen (secondary N) is 1. The smallest absolute Gasteiger partial charge is 0.340 e. The maximum Gasteiger partial charge on any atom is 0.340 e. The van der Waals surface area contributed by atoms with Crippen molar-refractivity contribution in [3.63, 3.8) is 0 Å². The van der Waals surface area contributed by atoms with Crippen molar-refractivity contribution in [2.45, 2.75) is 38.5 Å². The van der Waals surface area contributed by atoms with Crippen LogP contribution >= 0.6 is 34.7 Å². The van der Waals surface area contributed by atoms with Gasteiger partial charge in [-0.1, -0.05) is 30.3 Å². The average Bonchev–Trinajstić information content (AvgIpc) is 3.37. The second kappa shape index (κ2) is 11.0. The predicted octanol–water partition coefficient (Wildman–Crippen LogP) is 5.06. The average molecular weight is 509 g/mol. The van der Waals surface area contributed by atoms with Crippen molar-refractivity contribution in [1.82, 2.24) is 14.8 Å². The van der Waals surface area contributed by atoms with Crippen molar-refractivity contribution in [1.29, 1.82) is 0 Å². The van der Waals surface area contributed by atoms with E-state index in [9.17, 15) is 9.59 Å². The highest BCUT2D eigenvalue weighted by atomic mass is 35.5. The number of methoxy groups -OCH3 is 1. The minimum atomic E-state index is -0.475. The number of carbonyl (C=O) groups excluding carboxylic acids is 2. The molecule has 1 N–H and O–H groups in total. The number of ether oxygens (including phenoxy) is 2. The van der Waals surface area contributed by atoms with E-state index in [1.165, 1.54) is 30.2 Å². The molecule has 3 rings (SSSR count). The van der Waals surface area contributed by atoms with Crippen molar-refractivity contribution in [3.05, 3.63) is 51.1 Å². The van der Waals surface area contributed by atoms with Crippen LogP contribution in [-0.4, -0.2) is 39.5 Å². The monoisotopic (exact) mass is 508 g/mol. The van der Waals surface area contributed by atoms with Gasteiger partial charge in [-0.2, -0.15) is 0 Å². The second-order valence-corrected chi connectivity index (χ2v) is 9.69. The minimum Gasteiger partial charge on any atom is -0.483 e. The highest BCUT2D eigenvalue weighted by molar-refractivity contribution is 7.99. The molecular weight excluding hydrogens is 484 g/mol. The fourth-order valence-electron chi connectivity index (χ4n) is 3.02. The Hall–Kier alpha value is -2.56. The Morgan fingerprint density at radius 2 is 2.06 bits per heavy atom. The first-order valence-corrected chi connectivity index (χ1v) is 12.4. The molecule has 2 aromatic heterocycles. The van der Waals surface area contributed by atoms with Crippen LogP contribution in [0.15, 0.2) is 29.4 Å². The van der Waals surface area contributed by atoms with Crippen molar-refractivity contribution in [2.75, 3.05) is 18.2 Å². The molecule has 8 nitrogen and oxygen atoms in total. The van der Waals surface area contributed by atoms with E-state index in [2.05, 4.69) is 15.5 Å². The topological polar surface area (TPSA) is 95.3 Å². The third-order valence-electron chi connectivity index (χ3n) is 4.80. The summed E-state index contributed by atoms with van der Waals surface area (Å²) in [6.07, 6.45) is 0.407. The van der Waals surface area contributed by atoms with E-state index in [1.54, 1.807) is 22.8 Å². The van der Waals surface area contributed by atoms with Gasteiger partial charge in [0, 0.05) is 16.9 Å². The largest absolute Gasteiger partial charge is 0.483 e. The fourth-order valence-corrected chi connectivity index (χ4v) is 4.85. The first kappa shape index (κ1) is 25.1. The van der Waals surface area contributed by atoms with Crippen LogP contribution in [0.2, 0.25) is 5.02 Å². The molecule has 0 aliphatic rings. The number of carbonyl (C=O) groups is 2. The van der Waals surface area contributed by atoms with Crippen LogP contribution in [-0.2, 0) is 23.0 Å². The third kappa shape index (κ3) is 6.07. The predicted molar refractivity (Wildman–Crippen MR) is 131 cm³/mol. The molecule has 1 amide bonds. The number of aryl methyl sites for hydroxylation is 2. The SMILES string of the molecule is CCc1cc(C(=O)OC)c(NC(=O)CSc2nnc(C(C)Oc3ccc(Cl)c(C)c3)n2C)s1. The molecule has 0 bridgehead atoms. The highest BCUT2D eigenvalue weighted by Crippen LogP contribution is 2.30. The molecule has 0 saturated carbocycles. The van der Waals surface area contributed by atoms with Gasteiger partial charge < -0.3 is 19.4 Å². The minimum absolute atomic E-state index is 0.109. The Morgan fingerprint density at radius 1 is 1.30 bits per heavy atom. The number of amides is 1. The molecule has 1 aromatic carbocycles.